The minimum absolute atomic E-state index is 0.247. The molecule has 0 saturated carbocycles. The van der Waals surface area contributed by atoms with Gasteiger partial charge in [0.1, 0.15) is 11.6 Å². The fraction of sp³-hybridized carbons (Fsp3) is 0.176. The molecule has 0 aromatic heterocycles. The van der Waals surface area contributed by atoms with Crippen molar-refractivity contribution in [2.75, 3.05) is 7.11 Å². The first-order valence-corrected chi connectivity index (χ1v) is 7.93. The average Bonchev–Trinajstić information content (AvgIpc) is 3.01. The molecule has 0 N–H and O–H groups in total. The van der Waals surface area contributed by atoms with Gasteiger partial charge in [0.25, 0.3) is 0 Å². The maximum absolute atomic E-state index is 13.1. The van der Waals surface area contributed by atoms with Crippen molar-refractivity contribution in [1.82, 2.24) is 5.01 Å². The SMILES string of the molecule is COc1ccc(Br)cc1C1OC(c2ccc(F)cc2)=NN1C(C)=O. The van der Waals surface area contributed by atoms with Gasteiger partial charge in [0.15, 0.2) is 0 Å². The number of methoxy groups -OCH3 is 1. The topological polar surface area (TPSA) is 51.1 Å². The van der Waals surface area contributed by atoms with E-state index in [2.05, 4.69) is 21.0 Å². The van der Waals surface area contributed by atoms with E-state index in [0.29, 0.717) is 16.9 Å². The van der Waals surface area contributed by atoms with Gasteiger partial charge in [0.2, 0.25) is 18.0 Å². The molecule has 0 saturated heterocycles. The van der Waals surface area contributed by atoms with Gasteiger partial charge in [-0.1, -0.05) is 15.9 Å². The first-order valence-electron chi connectivity index (χ1n) is 7.14. The standard InChI is InChI=1S/C17H14BrFN2O3/c1-10(22)21-17(14-9-12(18)5-8-15(14)23-2)24-16(20-21)11-3-6-13(19)7-4-11/h3-9,17H,1-2H3. The van der Waals surface area contributed by atoms with Crippen LogP contribution in [0.4, 0.5) is 4.39 Å². The van der Waals surface area contributed by atoms with Gasteiger partial charge in [-0.2, -0.15) is 5.01 Å². The van der Waals surface area contributed by atoms with E-state index in [1.54, 1.807) is 25.3 Å². The summed E-state index contributed by atoms with van der Waals surface area (Å²) in [5.41, 5.74) is 1.24. The van der Waals surface area contributed by atoms with Crippen LogP contribution in [0.5, 0.6) is 5.75 Å². The Hall–Kier alpha value is -2.41. The van der Waals surface area contributed by atoms with Crippen LogP contribution in [-0.4, -0.2) is 23.9 Å². The Kier molecular flexibility index (Phi) is 4.53. The molecule has 1 heterocycles. The summed E-state index contributed by atoms with van der Waals surface area (Å²) in [7, 11) is 1.54. The number of ether oxygens (including phenoxy) is 2. The monoisotopic (exact) mass is 392 g/mol. The quantitative estimate of drug-likeness (QED) is 0.797. The molecule has 0 spiro atoms. The zero-order valence-corrected chi connectivity index (χ0v) is 14.6. The second-order valence-corrected chi connectivity index (χ2v) is 6.05. The molecular formula is C17H14BrFN2O3. The highest BCUT2D eigenvalue weighted by atomic mass is 79.9. The second-order valence-electron chi connectivity index (χ2n) is 5.13. The van der Waals surface area contributed by atoms with Gasteiger partial charge in [-0.05, 0) is 42.5 Å². The Morgan fingerprint density at radius 3 is 2.62 bits per heavy atom. The van der Waals surface area contributed by atoms with Crippen molar-refractivity contribution >= 4 is 27.7 Å². The third kappa shape index (κ3) is 3.12. The lowest BCUT2D eigenvalue weighted by molar-refractivity contribution is -0.135. The first-order chi connectivity index (χ1) is 11.5. The molecule has 0 radical (unpaired) electrons. The summed E-state index contributed by atoms with van der Waals surface area (Å²) in [5, 5.41) is 5.47. The smallest absolute Gasteiger partial charge is 0.243 e. The lowest BCUT2D eigenvalue weighted by atomic mass is 10.1. The third-order valence-corrected chi connectivity index (χ3v) is 4.01. The molecule has 2 aromatic carbocycles. The fourth-order valence-electron chi connectivity index (χ4n) is 2.38. The highest BCUT2D eigenvalue weighted by Crippen LogP contribution is 2.37. The van der Waals surface area contributed by atoms with Crippen LogP contribution in [0.15, 0.2) is 52.0 Å². The summed E-state index contributed by atoms with van der Waals surface area (Å²) in [6, 6.07) is 11.1. The molecule has 0 bridgehead atoms. The molecule has 1 atom stereocenters. The number of benzene rings is 2. The molecule has 2 aromatic rings. The van der Waals surface area contributed by atoms with Gasteiger partial charge in [0, 0.05) is 17.0 Å². The lowest BCUT2D eigenvalue weighted by Gasteiger charge is -2.21. The predicted molar refractivity (Wildman–Crippen MR) is 90.0 cm³/mol. The number of nitrogens with zero attached hydrogens (tertiary/aromatic N) is 2. The summed E-state index contributed by atoms with van der Waals surface area (Å²) < 4.78 is 25.2. The van der Waals surface area contributed by atoms with Crippen molar-refractivity contribution in [1.29, 1.82) is 0 Å². The van der Waals surface area contributed by atoms with Gasteiger partial charge in [0.05, 0.1) is 12.7 Å². The summed E-state index contributed by atoms with van der Waals surface area (Å²) >= 11 is 3.40. The molecule has 3 rings (SSSR count). The minimum atomic E-state index is -0.755. The van der Waals surface area contributed by atoms with Crippen LogP contribution in [0.3, 0.4) is 0 Å². The number of carbonyl (C=O) groups is 1. The molecule has 0 fully saturated rings. The molecule has 1 aliphatic rings. The van der Waals surface area contributed by atoms with Gasteiger partial charge < -0.3 is 9.47 Å². The van der Waals surface area contributed by atoms with E-state index in [1.807, 2.05) is 12.1 Å². The number of halogens is 2. The van der Waals surface area contributed by atoms with Gasteiger partial charge >= 0.3 is 0 Å². The van der Waals surface area contributed by atoms with Gasteiger partial charge in [-0.15, -0.1) is 5.10 Å². The maximum Gasteiger partial charge on any atom is 0.243 e. The normalized spacial score (nSPS) is 16.6. The van der Waals surface area contributed by atoms with E-state index in [0.717, 1.165) is 4.47 Å². The van der Waals surface area contributed by atoms with E-state index in [4.69, 9.17) is 9.47 Å². The van der Waals surface area contributed by atoms with Crippen LogP contribution in [0.2, 0.25) is 0 Å². The lowest BCUT2D eigenvalue weighted by Crippen LogP contribution is -2.25. The predicted octanol–water partition coefficient (Wildman–Crippen LogP) is 3.84. The van der Waals surface area contributed by atoms with Crippen LogP contribution in [0.1, 0.15) is 24.3 Å². The Morgan fingerprint density at radius 2 is 2.00 bits per heavy atom. The van der Waals surface area contributed by atoms with E-state index < -0.39 is 6.23 Å². The summed E-state index contributed by atoms with van der Waals surface area (Å²) in [6.07, 6.45) is -0.755. The molecule has 0 aliphatic carbocycles. The van der Waals surface area contributed by atoms with E-state index in [1.165, 1.54) is 24.1 Å². The van der Waals surface area contributed by atoms with Crippen LogP contribution >= 0.6 is 15.9 Å². The van der Waals surface area contributed by atoms with E-state index in [9.17, 15) is 9.18 Å². The summed E-state index contributed by atoms with van der Waals surface area (Å²) in [5.74, 6) is 0.187. The molecule has 7 heteroatoms. The maximum atomic E-state index is 13.1. The van der Waals surface area contributed by atoms with Crippen LogP contribution in [-0.2, 0) is 9.53 Å². The highest BCUT2D eigenvalue weighted by Gasteiger charge is 2.35. The molecule has 5 nitrogen and oxygen atoms in total. The Labute approximate surface area is 146 Å². The third-order valence-electron chi connectivity index (χ3n) is 3.52. The van der Waals surface area contributed by atoms with E-state index in [-0.39, 0.29) is 17.6 Å². The van der Waals surface area contributed by atoms with Crippen LogP contribution in [0.25, 0.3) is 0 Å². The van der Waals surface area contributed by atoms with E-state index >= 15 is 0 Å². The fourth-order valence-corrected chi connectivity index (χ4v) is 2.76. The van der Waals surface area contributed by atoms with Gasteiger partial charge in [-0.25, -0.2) is 4.39 Å². The number of hydrogen-bond donors (Lipinski definition) is 0. The number of rotatable bonds is 3. The van der Waals surface area contributed by atoms with Crippen LogP contribution < -0.4 is 4.74 Å². The Morgan fingerprint density at radius 1 is 1.29 bits per heavy atom. The summed E-state index contributed by atoms with van der Waals surface area (Å²) in [6.45, 7) is 1.40. The first kappa shape index (κ1) is 16.4. The number of amides is 1. The molecule has 124 valence electrons. The number of hydrazone groups is 1. The second kappa shape index (κ2) is 6.60. The van der Waals surface area contributed by atoms with Gasteiger partial charge in [-0.3, -0.25) is 4.79 Å². The number of carbonyl (C=O) groups excluding carboxylic acids is 1. The zero-order valence-electron chi connectivity index (χ0n) is 13.0. The molecular weight excluding hydrogens is 379 g/mol. The molecule has 1 amide bonds. The summed E-state index contributed by atoms with van der Waals surface area (Å²) in [4.78, 5) is 12.0. The Bertz CT molecular complexity index is 808. The number of hydrogen-bond acceptors (Lipinski definition) is 4. The largest absolute Gasteiger partial charge is 0.496 e. The zero-order chi connectivity index (χ0) is 17.3. The van der Waals surface area contributed by atoms with Crippen molar-refractivity contribution in [2.45, 2.75) is 13.2 Å². The molecule has 1 aliphatic heterocycles. The van der Waals surface area contributed by atoms with Crippen molar-refractivity contribution in [3.63, 3.8) is 0 Å². The highest BCUT2D eigenvalue weighted by molar-refractivity contribution is 9.10. The van der Waals surface area contributed by atoms with Crippen LogP contribution in [0, 0.1) is 5.82 Å². The van der Waals surface area contributed by atoms with Crippen molar-refractivity contribution in [2.24, 2.45) is 5.10 Å². The molecule has 24 heavy (non-hydrogen) atoms. The minimum Gasteiger partial charge on any atom is -0.496 e. The van der Waals surface area contributed by atoms with Crippen molar-refractivity contribution in [3.05, 3.63) is 63.9 Å². The molecule has 1 unspecified atom stereocenters. The Balaban J connectivity index is 2.00. The average molecular weight is 393 g/mol. The van der Waals surface area contributed by atoms with Crippen molar-refractivity contribution < 1.29 is 18.7 Å². The van der Waals surface area contributed by atoms with Crippen molar-refractivity contribution in [3.8, 4) is 5.75 Å².